The van der Waals surface area contributed by atoms with E-state index in [1.807, 2.05) is 0 Å². The fraction of sp³-hybridized carbons (Fsp3) is 0.750. The van der Waals surface area contributed by atoms with E-state index >= 15 is 0 Å². The van der Waals surface area contributed by atoms with E-state index in [1.165, 1.54) is 17.8 Å². The highest BCUT2D eigenvalue weighted by Crippen LogP contribution is 2.49. The largest absolute Gasteiger partial charge is 0.465 e. The van der Waals surface area contributed by atoms with Crippen molar-refractivity contribution < 1.29 is 9.47 Å². The lowest BCUT2D eigenvalue weighted by Gasteiger charge is -2.53. The lowest BCUT2D eigenvalue weighted by molar-refractivity contribution is -0.213. The first-order valence-electron chi connectivity index (χ1n) is 4.62. The molecule has 0 radical (unpaired) electrons. The van der Waals surface area contributed by atoms with Crippen LogP contribution in [0, 0.1) is 5.41 Å². The number of anilines is 1. The second-order valence-corrected chi connectivity index (χ2v) is 4.88. The average molecular weight is 213 g/mol. The second kappa shape index (κ2) is 2.80. The molecule has 1 aromatic heterocycles. The monoisotopic (exact) mass is 213 g/mol. The number of nitrogens with two attached hydrogens (primary N) is 1. The molecule has 1 spiro atoms. The van der Waals surface area contributed by atoms with E-state index in [0.29, 0.717) is 10.3 Å². The van der Waals surface area contributed by atoms with Gasteiger partial charge in [0.15, 0.2) is 0 Å². The van der Waals surface area contributed by atoms with Crippen LogP contribution in [0.5, 0.6) is 5.19 Å². The van der Waals surface area contributed by atoms with Crippen molar-refractivity contribution in [3.05, 3.63) is 0 Å². The van der Waals surface area contributed by atoms with Gasteiger partial charge in [0, 0.05) is 0 Å². The summed E-state index contributed by atoms with van der Waals surface area (Å²) in [5.74, 6) is 0. The van der Waals surface area contributed by atoms with Crippen molar-refractivity contribution >= 4 is 16.5 Å². The standard InChI is InChI=1S/C8H11N3O2S/c9-6-10-11-7(14-6)13-5-1-2-8(5)3-12-4-8/h5H,1-4H2,(H2,9,10). The minimum atomic E-state index is 0.253. The zero-order valence-electron chi connectivity index (χ0n) is 7.60. The van der Waals surface area contributed by atoms with Crippen LogP contribution in [0.3, 0.4) is 0 Å². The third-order valence-corrected chi connectivity index (χ3v) is 3.67. The van der Waals surface area contributed by atoms with Gasteiger partial charge in [0.2, 0.25) is 5.13 Å². The highest BCUT2D eigenvalue weighted by molar-refractivity contribution is 7.16. The van der Waals surface area contributed by atoms with Gasteiger partial charge in [-0.15, -0.1) is 5.10 Å². The van der Waals surface area contributed by atoms with Crippen LogP contribution in [-0.2, 0) is 4.74 Å². The maximum absolute atomic E-state index is 5.71. The zero-order chi connectivity index (χ0) is 9.60. The molecule has 2 heterocycles. The molecule has 1 atom stereocenters. The number of hydrogen-bond acceptors (Lipinski definition) is 6. The molecule has 2 N–H and O–H groups in total. The van der Waals surface area contributed by atoms with Gasteiger partial charge in [-0.2, -0.15) is 0 Å². The Morgan fingerprint density at radius 1 is 1.50 bits per heavy atom. The van der Waals surface area contributed by atoms with Crippen molar-refractivity contribution in [2.24, 2.45) is 5.41 Å². The van der Waals surface area contributed by atoms with Gasteiger partial charge in [-0.25, -0.2) is 0 Å². The molecule has 1 saturated heterocycles. The molecule has 2 fully saturated rings. The van der Waals surface area contributed by atoms with E-state index in [4.69, 9.17) is 15.2 Å². The van der Waals surface area contributed by atoms with Crippen molar-refractivity contribution in [2.45, 2.75) is 18.9 Å². The van der Waals surface area contributed by atoms with Gasteiger partial charge in [0.1, 0.15) is 6.10 Å². The third kappa shape index (κ3) is 1.10. The first kappa shape index (κ1) is 8.43. The summed E-state index contributed by atoms with van der Waals surface area (Å²) in [7, 11) is 0. The minimum Gasteiger partial charge on any atom is -0.465 e. The van der Waals surface area contributed by atoms with Gasteiger partial charge in [0.05, 0.1) is 18.6 Å². The summed E-state index contributed by atoms with van der Waals surface area (Å²) < 4.78 is 10.9. The van der Waals surface area contributed by atoms with E-state index < -0.39 is 0 Å². The average Bonchev–Trinajstić information content (AvgIpc) is 2.42. The quantitative estimate of drug-likeness (QED) is 0.782. The number of aromatic nitrogens is 2. The van der Waals surface area contributed by atoms with Gasteiger partial charge >= 0.3 is 0 Å². The summed E-state index contributed by atoms with van der Waals surface area (Å²) >= 11 is 1.29. The molecule has 1 saturated carbocycles. The highest BCUT2D eigenvalue weighted by Gasteiger charge is 2.54. The van der Waals surface area contributed by atoms with Gasteiger partial charge in [-0.1, -0.05) is 5.10 Å². The summed E-state index contributed by atoms with van der Waals surface area (Å²) in [6, 6.07) is 0. The molecule has 3 rings (SSSR count). The Hall–Kier alpha value is -0.880. The SMILES string of the molecule is Nc1nnc(OC2CCC23COC3)s1. The molecular formula is C8H11N3O2S. The Labute approximate surface area is 85.2 Å². The smallest absolute Gasteiger partial charge is 0.296 e. The van der Waals surface area contributed by atoms with Crippen molar-refractivity contribution in [2.75, 3.05) is 18.9 Å². The van der Waals surface area contributed by atoms with E-state index in [2.05, 4.69) is 10.2 Å². The summed E-state index contributed by atoms with van der Waals surface area (Å²) in [5.41, 5.74) is 5.75. The Kier molecular flexibility index (Phi) is 1.69. The molecule has 0 aromatic carbocycles. The molecule has 5 nitrogen and oxygen atoms in total. The van der Waals surface area contributed by atoms with Crippen molar-refractivity contribution in [1.82, 2.24) is 10.2 Å². The summed E-state index contributed by atoms with van der Waals surface area (Å²) in [5, 5.41) is 8.59. The molecule has 0 amide bonds. The van der Waals surface area contributed by atoms with Gasteiger partial charge in [0.25, 0.3) is 5.19 Å². The fourth-order valence-electron chi connectivity index (χ4n) is 1.94. The Morgan fingerprint density at radius 2 is 2.36 bits per heavy atom. The van der Waals surface area contributed by atoms with Crippen LogP contribution in [-0.4, -0.2) is 29.5 Å². The predicted octanol–water partition coefficient (Wildman–Crippen LogP) is 0.678. The molecule has 6 heteroatoms. The molecule has 76 valence electrons. The molecule has 1 aliphatic carbocycles. The van der Waals surface area contributed by atoms with Crippen LogP contribution in [0.2, 0.25) is 0 Å². The topological polar surface area (TPSA) is 70.3 Å². The molecule has 2 aliphatic rings. The first-order chi connectivity index (χ1) is 6.78. The molecule has 0 bridgehead atoms. The number of rotatable bonds is 2. The zero-order valence-corrected chi connectivity index (χ0v) is 8.42. The van der Waals surface area contributed by atoms with Crippen molar-refractivity contribution in [1.29, 1.82) is 0 Å². The molecule has 14 heavy (non-hydrogen) atoms. The third-order valence-electron chi connectivity index (χ3n) is 3.03. The molecular weight excluding hydrogens is 202 g/mol. The lowest BCUT2D eigenvalue weighted by atomic mass is 9.64. The second-order valence-electron chi connectivity index (χ2n) is 3.91. The van der Waals surface area contributed by atoms with Gasteiger partial charge < -0.3 is 15.2 Å². The van der Waals surface area contributed by atoms with E-state index in [1.54, 1.807) is 0 Å². The first-order valence-corrected chi connectivity index (χ1v) is 5.44. The highest BCUT2D eigenvalue weighted by atomic mass is 32.1. The maximum Gasteiger partial charge on any atom is 0.296 e. The molecule has 1 unspecified atom stereocenters. The Bertz CT molecular complexity index is 345. The number of nitrogens with zero attached hydrogens (tertiary/aromatic N) is 2. The fourth-order valence-corrected chi connectivity index (χ4v) is 2.45. The maximum atomic E-state index is 5.71. The molecule has 1 aliphatic heterocycles. The van der Waals surface area contributed by atoms with Gasteiger partial charge in [-0.05, 0) is 24.2 Å². The number of ether oxygens (including phenoxy) is 2. The van der Waals surface area contributed by atoms with Crippen LogP contribution in [0.15, 0.2) is 0 Å². The van der Waals surface area contributed by atoms with E-state index in [0.717, 1.165) is 19.6 Å². The predicted molar refractivity (Wildman–Crippen MR) is 51.2 cm³/mol. The summed E-state index contributed by atoms with van der Waals surface area (Å²) in [6.45, 7) is 1.65. The van der Waals surface area contributed by atoms with Crippen LogP contribution in [0.25, 0.3) is 0 Å². The lowest BCUT2D eigenvalue weighted by Crippen LogP contribution is -2.60. The number of nitrogen functional groups attached to an aromatic ring is 1. The molecule has 1 aromatic rings. The summed E-state index contributed by atoms with van der Waals surface area (Å²) in [6.07, 6.45) is 2.54. The Balaban J connectivity index is 1.68. The number of hydrogen-bond donors (Lipinski definition) is 1. The van der Waals surface area contributed by atoms with Gasteiger partial charge in [-0.3, -0.25) is 0 Å². The van der Waals surface area contributed by atoms with Crippen LogP contribution >= 0.6 is 11.3 Å². The summed E-state index contributed by atoms with van der Waals surface area (Å²) in [4.78, 5) is 0. The van der Waals surface area contributed by atoms with Crippen LogP contribution in [0.4, 0.5) is 5.13 Å². The van der Waals surface area contributed by atoms with Crippen molar-refractivity contribution in [3.63, 3.8) is 0 Å². The van der Waals surface area contributed by atoms with Crippen LogP contribution < -0.4 is 10.5 Å². The van der Waals surface area contributed by atoms with Crippen LogP contribution in [0.1, 0.15) is 12.8 Å². The van der Waals surface area contributed by atoms with E-state index in [-0.39, 0.29) is 11.5 Å². The Morgan fingerprint density at radius 3 is 2.79 bits per heavy atom. The van der Waals surface area contributed by atoms with E-state index in [9.17, 15) is 0 Å². The normalized spacial score (nSPS) is 28.1. The minimum absolute atomic E-state index is 0.253. The van der Waals surface area contributed by atoms with Crippen molar-refractivity contribution in [3.8, 4) is 5.19 Å².